The quantitative estimate of drug-likeness (QED) is 0.674. The van der Waals surface area contributed by atoms with Gasteiger partial charge in [-0.05, 0) is 59.9 Å². The summed E-state index contributed by atoms with van der Waals surface area (Å²) in [4.78, 5) is 0. The summed E-state index contributed by atoms with van der Waals surface area (Å²) in [7, 11) is 0. The van der Waals surface area contributed by atoms with Crippen molar-refractivity contribution < 1.29 is 0 Å². The molecule has 1 aliphatic carbocycles. The molecule has 0 aromatic carbocycles. The second-order valence-electron chi connectivity index (χ2n) is 3.50. The second-order valence-corrected chi connectivity index (χ2v) is 4.74. The lowest BCUT2D eigenvalue weighted by Crippen LogP contribution is -2.21. The van der Waals surface area contributed by atoms with E-state index in [0.717, 1.165) is 6.54 Å². The van der Waals surface area contributed by atoms with Crippen LogP contribution in [0.2, 0.25) is 0 Å². The largest absolute Gasteiger partial charge is 0.388 e. The van der Waals surface area contributed by atoms with Gasteiger partial charge in [-0.25, -0.2) is 0 Å². The molecule has 1 aliphatic heterocycles. The highest BCUT2D eigenvalue weighted by Crippen LogP contribution is 2.24. The third kappa shape index (κ3) is 2.36. The minimum absolute atomic E-state index is 1.16. The van der Waals surface area contributed by atoms with Gasteiger partial charge in [-0.2, -0.15) is 0 Å². The molecular formula is C11H14IN. The van der Waals surface area contributed by atoms with Crippen LogP contribution in [0.1, 0.15) is 25.7 Å². The van der Waals surface area contributed by atoms with Gasteiger partial charge in [0.25, 0.3) is 0 Å². The normalized spacial score (nSPS) is 29.2. The predicted octanol–water partition coefficient (Wildman–Crippen LogP) is 3.29. The van der Waals surface area contributed by atoms with Crippen LogP contribution in [0.5, 0.6) is 0 Å². The van der Waals surface area contributed by atoms with Crippen LogP contribution >= 0.6 is 22.6 Å². The van der Waals surface area contributed by atoms with Crippen LogP contribution in [-0.4, -0.2) is 6.54 Å². The van der Waals surface area contributed by atoms with Gasteiger partial charge in [0.05, 0.1) is 0 Å². The average Bonchev–Trinajstić information content (AvgIpc) is 2.13. The Morgan fingerprint density at radius 2 is 2.15 bits per heavy atom. The van der Waals surface area contributed by atoms with Gasteiger partial charge >= 0.3 is 0 Å². The van der Waals surface area contributed by atoms with Crippen LogP contribution < -0.4 is 5.32 Å². The van der Waals surface area contributed by atoms with Crippen molar-refractivity contribution in [3.63, 3.8) is 0 Å². The highest BCUT2D eigenvalue weighted by Gasteiger charge is 2.10. The van der Waals surface area contributed by atoms with Crippen LogP contribution in [0.15, 0.2) is 33.1 Å². The number of hydrogen-bond donors (Lipinski definition) is 1. The first-order chi connectivity index (χ1) is 6.36. The van der Waals surface area contributed by atoms with Gasteiger partial charge in [-0.15, -0.1) is 0 Å². The lowest BCUT2D eigenvalue weighted by atomic mass is 9.99. The van der Waals surface area contributed by atoms with E-state index in [-0.39, 0.29) is 0 Å². The molecule has 0 fully saturated rings. The van der Waals surface area contributed by atoms with Gasteiger partial charge in [0.1, 0.15) is 0 Å². The molecular weight excluding hydrogens is 273 g/mol. The molecule has 2 rings (SSSR count). The zero-order chi connectivity index (χ0) is 9.10. The number of hydrogen-bond acceptors (Lipinski definition) is 1. The van der Waals surface area contributed by atoms with Gasteiger partial charge in [0, 0.05) is 15.8 Å². The highest BCUT2D eigenvalue weighted by molar-refractivity contribution is 14.1. The van der Waals surface area contributed by atoms with Crippen molar-refractivity contribution in [2.45, 2.75) is 25.7 Å². The standard InChI is InChI=1S/C11H14IN/c12-10-4-1-5-11-9(6-7-10)3-2-8-13-11/h4,6-7,13H,1-3,5,8H2/b7-6-,10-4+. The maximum Gasteiger partial charge on any atom is 0.0147 e. The van der Waals surface area contributed by atoms with Crippen molar-refractivity contribution in [1.29, 1.82) is 0 Å². The Bertz CT molecular complexity index is 286. The fourth-order valence-electron chi connectivity index (χ4n) is 1.82. The summed E-state index contributed by atoms with van der Waals surface area (Å²) in [5, 5.41) is 3.50. The number of nitrogens with one attached hydrogen (secondary N) is 1. The van der Waals surface area contributed by atoms with Crippen LogP contribution in [0.25, 0.3) is 0 Å². The van der Waals surface area contributed by atoms with E-state index >= 15 is 0 Å². The first-order valence-electron chi connectivity index (χ1n) is 4.86. The summed E-state index contributed by atoms with van der Waals surface area (Å²) in [5.41, 5.74) is 3.00. The SMILES string of the molecule is IC1=C/CCC2=C(/C=C\1)CCCN2. The molecule has 13 heavy (non-hydrogen) atoms. The molecule has 0 aromatic rings. The van der Waals surface area contributed by atoms with E-state index in [2.05, 4.69) is 46.1 Å². The highest BCUT2D eigenvalue weighted by atomic mass is 127. The third-order valence-electron chi connectivity index (χ3n) is 2.53. The van der Waals surface area contributed by atoms with Gasteiger partial charge in [-0.1, -0.05) is 12.2 Å². The van der Waals surface area contributed by atoms with Gasteiger partial charge in [-0.3, -0.25) is 0 Å². The molecule has 0 atom stereocenters. The molecule has 1 heterocycles. The third-order valence-corrected chi connectivity index (χ3v) is 3.33. The van der Waals surface area contributed by atoms with Crippen LogP contribution in [0.4, 0.5) is 0 Å². The van der Waals surface area contributed by atoms with E-state index < -0.39 is 0 Å². The van der Waals surface area contributed by atoms with Crippen molar-refractivity contribution in [2.75, 3.05) is 6.54 Å². The monoisotopic (exact) mass is 287 g/mol. The number of halogens is 1. The Kier molecular flexibility index (Phi) is 3.09. The molecule has 0 aromatic heterocycles. The molecule has 1 N–H and O–H groups in total. The minimum Gasteiger partial charge on any atom is -0.388 e. The molecule has 0 radical (unpaired) electrons. The van der Waals surface area contributed by atoms with E-state index in [0.29, 0.717) is 0 Å². The van der Waals surface area contributed by atoms with E-state index in [9.17, 15) is 0 Å². The summed E-state index contributed by atoms with van der Waals surface area (Å²) in [6, 6.07) is 0. The molecule has 0 amide bonds. The van der Waals surface area contributed by atoms with Crippen molar-refractivity contribution in [3.8, 4) is 0 Å². The zero-order valence-electron chi connectivity index (χ0n) is 7.65. The molecule has 0 saturated carbocycles. The molecule has 2 aliphatic rings. The zero-order valence-corrected chi connectivity index (χ0v) is 9.80. The van der Waals surface area contributed by atoms with Crippen molar-refractivity contribution in [2.24, 2.45) is 0 Å². The van der Waals surface area contributed by atoms with E-state index in [1.807, 2.05) is 0 Å². The molecule has 2 heteroatoms. The minimum atomic E-state index is 1.16. The van der Waals surface area contributed by atoms with Crippen molar-refractivity contribution >= 4 is 22.6 Å². The molecule has 0 saturated heterocycles. The van der Waals surface area contributed by atoms with E-state index in [4.69, 9.17) is 0 Å². The van der Waals surface area contributed by atoms with Crippen LogP contribution in [0, 0.1) is 0 Å². The van der Waals surface area contributed by atoms with Gasteiger partial charge in [0.15, 0.2) is 0 Å². The fourth-order valence-corrected chi connectivity index (χ4v) is 2.31. The van der Waals surface area contributed by atoms with Crippen molar-refractivity contribution in [3.05, 3.63) is 33.1 Å². The van der Waals surface area contributed by atoms with Crippen molar-refractivity contribution in [1.82, 2.24) is 5.32 Å². The van der Waals surface area contributed by atoms with Gasteiger partial charge < -0.3 is 5.32 Å². The Morgan fingerprint density at radius 3 is 3.08 bits per heavy atom. The first kappa shape index (κ1) is 9.31. The average molecular weight is 287 g/mol. The Morgan fingerprint density at radius 1 is 1.23 bits per heavy atom. The lowest BCUT2D eigenvalue weighted by molar-refractivity contribution is 0.641. The van der Waals surface area contributed by atoms with E-state index in [1.165, 1.54) is 40.5 Å². The Balaban J connectivity index is 2.23. The summed E-state index contributed by atoms with van der Waals surface area (Å²) in [5.74, 6) is 0. The summed E-state index contributed by atoms with van der Waals surface area (Å²) in [6.45, 7) is 1.16. The number of rotatable bonds is 0. The maximum absolute atomic E-state index is 3.50. The maximum atomic E-state index is 3.50. The summed E-state index contributed by atoms with van der Waals surface area (Å²) < 4.78 is 1.37. The topological polar surface area (TPSA) is 12.0 Å². The molecule has 0 unspecified atom stereocenters. The first-order valence-corrected chi connectivity index (χ1v) is 5.94. The smallest absolute Gasteiger partial charge is 0.0147 e. The summed E-state index contributed by atoms with van der Waals surface area (Å²) >= 11 is 2.39. The van der Waals surface area contributed by atoms with Gasteiger partial charge in [0.2, 0.25) is 0 Å². The predicted molar refractivity (Wildman–Crippen MR) is 64.7 cm³/mol. The number of allylic oxidation sites excluding steroid dienone is 6. The van der Waals surface area contributed by atoms with E-state index in [1.54, 1.807) is 0 Å². The molecule has 0 spiro atoms. The fraction of sp³-hybridized carbons (Fsp3) is 0.455. The van der Waals surface area contributed by atoms with Crippen LogP contribution in [-0.2, 0) is 0 Å². The molecule has 0 bridgehead atoms. The lowest BCUT2D eigenvalue weighted by Gasteiger charge is -2.21. The Labute approximate surface area is 93.1 Å². The van der Waals surface area contributed by atoms with Crippen LogP contribution in [0.3, 0.4) is 0 Å². The Hall–Kier alpha value is -0.250. The summed E-state index contributed by atoms with van der Waals surface area (Å²) in [6.07, 6.45) is 11.7. The molecule has 70 valence electrons. The second kappa shape index (κ2) is 4.31. The molecule has 1 nitrogen and oxygen atoms in total.